The van der Waals surface area contributed by atoms with Crippen LogP contribution < -0.4 is 5.32 Å². The Morgan fingerprint density at radius 3 is 3.05 bits per heavy atom. The first kappa shape index (κ1) is 14.2. The number of nitriles is 1. The number of fused-ring (bicyclic) bond motifs is 1. The summed E-state index contributed by atoms with van der Waals surface area (Å²) in [6, 6.07) is 12.6. The molecular weight excluding hydrogens is 278 g/mol. The van der Waals surface area contributed by atoms with Crippen LogP contribution in [0.15, 0.2) is 30.3 Å². The van der Waals surface area contributed by atoms with Crippen molar-refractivity contribution in [3.05, 3.63) is 36.0 Å². The highest BCUT2D eigenvalue weighted by Gasteiger charge is 2.27. The molecule has 0 aliphatic heterocycles. The molecule has 21 heavy (non-hydrogen) atoms. The summed E-state index contributed by atoms with van der Waals surface area (Å²) in [5.74, 6) is 1.16. The van der Waals surface area contributed by atoms with E-state index in [9.17, 15) is 5.26 Å². The standard InChI is InChI=1S/C17H19N3S/c1-2-21-17-9-5-8-15(17)20-16-10-12(11-18)19-14-7-4-3-6-13(14)16/h3-4,6-7,10,15,17H,2,5,8-9H2,1H3,(H,19,20). The van der Waals surface area contributed by atoms with Crippen LogP contribution >= 0.6 is 11.8 Å². The van der Waals surface area contributed by atoms with E-state index in [1.54, 1.807) is 0 Å². The van der Waals surface area contributed by atoms with Gasteiger partial charge in [0.15, 0.2) is 0 Å². The van der Waals surface area contributed by atoms with E-state index in [2.05, 4.69) is 29.4 Å². The van der Waals surface area contributed by atoms with Crippen molar-refractivity contribution in [2.24, 2.45) is 0 Å². The molecule has 4 heteroatoms. The number of para-hydroxylation sites is 1. The minimum absolute atomic E-state index is 0.480. The van der Waals surface area contributed by atoms with Crippen LogP contribution in [0.3, 0.4) is 0 Å². The molecule has 2 aromatic rings. The van der Waals surface area contributed by atoms with E-state index in [0.29, 0.717) is 17.0 Å². The number of nitrogens with zero attached hydrogens (tertiary/aromatic N) is 2. The van der Waals surface area contributed by atoms with Gasteiger partial charge in [-0.15, -0.1) is 0 Å². The van der Waals surface area contributed by atoms with Gasteiger partial charge in [-0.2, -0.15) is 17.0 Å². The number of benzene rings is 1. The first-order valence-electron chi connectivity index (χ1n) is 7.50. The number of anilines is 1. The minimum atomic E-state index is 0.480. The van der Waals surface area contributed by atoms with Gasteiger partial charge in [0.1, 0.15) is 11.8 Å². The molecule has 1 aromatic heterocycles. The Labute approximate surface area is 129 Å². The zero-order valence-electron chi connectivity index (χ0n) is 12.2. The number of aromatic nitrogens is 1. The quantitative estimate of drug-likeness (QED) is 0.919. The highest BCUT2D eigenvalue weighted by atomic mass is 32.2. The van der Waals surface area contributed by atoms with Crippen LogP contribution in [0.2, 0.25) is 0 Å². The summed E-state index contributed by atoms with van der Waals surface area (Å²) < 4.78 is 0. The van der Waals surface area contributed by atoms with Crippen molar-refractivity contribution in [3.63, 3.8) is 0 Å². The maximum atomic E-state index is 9.17. The van der Waals surface area contributed by atoms with E-state index in [0.717, 1.165) is 22.3 Å². The van der Waals surface area contributed by atoms with Crippen LogP contribution in [-0.4, -0.2) is 22.0 Å². The van der Waals surface area contributed by atoms with Gasteiger partial charge in [0, 0.05) is 22.4 Å². The summed E-state index contributed by atoms with van der Waals surface area (Å²) in [5, 5.41) is 14.6. The second-order valence-electron chi connectivity index (χ2n) is 5.36. The van der Waals surface area contributed by atoms with Crippen molar-refractivity contribution < 1.29 is 0 Å². The highest BCUT2D eigenvalue weighted by molar-refractivity contribution is 7.99. The summed E-state index contributed by atoms with van der Waals surface area (Å²) >= 11 is 2.04. The average molecular weight is 297 g/mol. The lowest BCUT2D eigenvalue weighted by molar-refractivity contribution is 0.769. The van der Waals surface area contributed by atoms with Crippen molar-refractivity contribution in [3.8, 4) is 6.07 Å². The largest absolute Gasteiger partial charge is 0.381 e. The lowest BCUT2D eigenvalue weighted by atomic mass is 10.1. The van der Waals surface area contributed by atoms with Gasteiger partial charge in [0.25, 0.3) is 0 Å². The first-order chi connectivity index (χ1) is 10.3. The Morgan fingerprint density at radius 1 is 1.38 bits per heavy atom. The number of hydrogen-bond donors (Lipinski definition) is 1. The Balaban J connectivity index is 1.94. The van der Waals surface area contributed by atoms with Crippen LogP contribution in [0.1, 0.15) is 31.9 Å². The lowest BCUT2D eigenvalue weighted by Crippen LogP contribution is -2.26. The smallest absolute Gasteiger partial charge is 0.143 e. The molecule has 1 aromatic carbocycles. The van der Waals surface area contributed by atoms with E-state index < -0.39 is 0 Å². The number of hydrogen-bond acceptors (Lipinski definition) is 4. The van der Waals surface area contributed by atoms with E-state index >= 15 is 0 Å². The fourth-order valence-electron chi connectivity index (χ4n) is 3.06. The van der Waals surface area contributed by atoms with E-state index in [4.69, 9.17) is 0 Å². The zero-order chi connectivity index (χ0) is 14.7. The molecule has 0 bridgehead atoms. The molecule has 2 unspecified atom stereocenters. The molecule has 3 nitrogen and oxygen atoms in total. The second kappa shape index (κ2) is 6.36. The van der Waals surface area contributed by atoms with Gasteiger partial charge in [-0.05, 0) is 30.7 Å². The van der Waals surface area contributed by atoms with Crippen molar-refractivity contribution in [1.29, 1.82) is 5.26 Å². The normalized spacial score (nSPS) is 21.3. The third-order valence-corrected chi connectivity index (χ3v) is 5.33. The molecular formula is C17H19N3S. The lowest BCUT2D eigenvalue weighted by Gasteiger charge is -2.22. The SMILES string of the molecule is CCSC1CCCC1Nc1cc(C#N)nc2ccccc12. The Kier molecular flexibility index (Phi) is 4.31. The topological polar surface area (TPSA) is 48.7 Å². The minimum Gasteiger partial charge on any atom is -0.381 e. The Morgan fingerprint density at radius 2 is 2.24 bits per heavy atom. The third-order valence-electron chi connectivity index (χ3n) is 4.00. The number of nitrogens with one attached hydrogen (secondary N) is 1. The van der Waals surface area contributed by atoms with Gasteiger partial charge in [-0.3, -0.25) is 0 Å². The van der Waals surface area contributed by atoms with Gasteiger partial charge < -0.3 is 5.32 Å². The number of rotatable bonds is 4. The predicted molar refractivity (Wildman–Crippen MR) is 89.6 cm³/mol. The molecule has 1 N–H and O–H groups in total. The fourth-order valence-corrected chi connectivity index (χ4v) is 4.25. The van der Waals surface area contributed by atoms with Crippen molar-refractivity contribution in [1.82, 2.24) is 4.98 Å². The summed E-state index contributed by atoms with van der Waals surface area (Å²) in [7, 11) is 0. The summed E-state index contributed by atoms with van der Waals surface area (Å²) in [6.45, 7) is 2.22. The number of thioether (sulfide) groups is 1. The zero-order valence-corrected chi connectivity index (χ0v) is 13.0. The number of pyridine rings is 1. The van der Waals surface area contributed by atoms with E-state index in [1.807, 2.05) is 36.0 Å². The summed E-state index contributed by atoms with van der Waals surface area (Å²) in [4.78, 5) is 4.38. The molecule has 1 fully saturated rings. The molecule has 0 amide bonds. The molecule has 1 aliphatic rings. The van der Waals surface area contributed by atoms with Crippen molar-refractivity contribution in [2.75, 3.05) is 11.1 Å². The van der Waals surface area contributed by atoms with Gasteiger partial charge in [0.2, 0.25) is 0 Å². The fraction of sp³-hybridized carbons (Fsp3) is 0.412. The molecule has 2 atom stereocenters. The molecule has 1 heterocycles. The van der Waals surface area contributed by atoms with Crippen LogP contribution in [0.25, 0.3) is 10.9 Å². The summed E-state index contributed by atoms with van der Waals surface area (Å²) in [6.07, 6.45) is 3.77. The van der Waals surface area contributed by atoms with Crippen LogP contribution in [0.4, 0.5) is 5.69 Å². The molecule has 3 rings (SSSR count). The molecule has 108 valence electrons. The molecule has 0 spiro atoms. The van der Waals surface area contributed by atoms with Crippen LogP contribution in [-0.2, 0) is 0 Å². The average Bonchev–Trinajstić information content (AvgIpc) is 2.94. The van der Waals surface area contributed by atoms with Gasteiger partial charge in [-0.25, -0.2) is 4.98 Å². The third kappa shape index (κ3) is 2.98. The van der Waals surface area contributed by atoms with Gasteiger partial charge in [0.05, 0.1) is 5.52 Å². The molecule has 0 radical (unpaired) electrons. The van der Waals surface area contributed by atoms with Crippen LogP contribution in [0, 0.1) is 11.3 Å². The summed E-state index contributed by atoms with van der Waals surface area (Å²) in [5.41, 5.74) is 2.41. The Bertz CT molecular complexity index is 677. The highest BCUT2D eigenvalue weighted by Crippen LogP contribution is 2.33. The predicted octanol–water partition coefficient (Wildman–Crippen LogP) is 4.19. The molecule has 0 saturated heterocycles. The monoisotopic (exact) mass is 297 g/mol. The maximum Gasteiger partial charge on any atom is 0.143 e. The van der Waals surface area contributed by atoms with Crippen LogP contribution in [0.5, 0.6) is 0 Å². The Hall–Kier alpha value is -1.73. The maximum absolute atomic E-state index is 9.17. The van der Waals surface area contributed by atoms with E-state index in [1.165, 1.54) is 19.3 Å². The van der Waals surface area contributed by atoms with Gasteiger partial charge in [-0.1, -0.05) is 31.5 Å². The molecule has 1 saturated carbocycles. The van der Waals surface area contributed by atoms with Crippen molar-refractivity contribution >= 4 is 28.4 Å². The molecule has 1 aliphatic carbocycles. The first-order valence-corrected chi connectivity index (χ1v) is 8.54. The van der Waals surface area contributed by atoms with E-state index in [-0.39, 0.29) is 0 Å². The van der Waals surface area contributed by atoms with Gasteiger partial charge >= 0.3 is 0 Å². The second-order valence-corrected chi connectivity index (χ2v) is 6.88. The van der Waals surface area contributed by atoms with Crippen molar-refractivity contribution in [2.45, 2.75) is 37.5 Å².